The second-order valence-corrected chi connectivity index (χ2v) is 12.3. The molecule has 0 fully saturated rings. The molecule has 0 aliphatic carbocycles. The van der Waals surface area contributed by atoms with E-state index in [4.69, 9.17) is 37.7 Å². The van der Waals surface area contributed by atoms with Gasteiger partial charge in [-0.3, -0.25) is 4.57 Å². The number of phenols is 2. The maximum Gasteiger partial charge on any atom is 0.163 e. The van der Waals surface area contributed by atoms with Gasteiger partial charge in [0.1, 0.15) is 30.5 Å². The van der Waals surface area contributed by atoms with Gasteiger partial charge in [-0.15, -0.1) is 0 Å². The lowest BCUT2D eigenvalue weighted by Crippen LogP contribution is -2.18. The second kappa shape index (κ2) is 8.74. The van der Waals surface area contributed by atoms with Gasteiger partial charge in [0.25, 0.3) is 0 Å². The molecule has 8 heteroatoms. The number of nitrogens with zero attached hydrogens (tertiary/aromatic N) is 2. The van der Waals surface area contributed by atoms with Gasteiger partial charge in [-0.2, -0.15) is 0 Å². The molecule has 2 heterocycles. The van der Waals surface area contributed by atoms with Crippen molar-refractivity contribution in [1.82, 2.24) is 9.55 Å². The number of hydrogen-bond acceptors (Lipinski definition) is 5. The van der Waals surface area contributed by atoms with Crippen molar-refractivity contribution in [2.75, 3.05) is 13.2 Å². The molecule has 1 aliphatic rings. The van der Waals surface area contributed by atoms with Crippen molar-refractivity contribution in [3.05, 3.63) is 57.6 Å². The van der Waals surface area contributed by atoms with Crippen LogP contribution in [0.3, 0.4) is 0 Å². The van der Waals surface area contributed by atoms with Crippen LogP contribution in [0.15, 0.2) is 36.4 Å². The number of fused-ring (bicyclic) bond motifs is 2. The summed E-state index contributed by atoms with van der Waals surface area (Å²) in [5, 5.41) is 22.8. The van der Waals surface area contributed by atoms with Crippen LogP contribution in [0.5, 0.6) is 23.0 Å². The fourth-order valence-corrected chi connectivity index (χ4v) is 5.18. The number of rotatable bonds is 2. The van der Waals surface area contributed by atoms with E-state index in [0.29, 0.717) is 46.6 Å². The van der Waals surface area contributed by atoms with Gasteiger partial charge in [-0.25, -0.2) is 4.98 Å². The minimum Gasteiger partial charge on any atom is -0.507 e. The highest BCUT2D eigenvalue weighted by atomic mass is 35.5. The smallest absolute Gasteiger partial charge is 0.163 e. The molecule has 0 unspecified atom stereocenters. The molecule has 37 heavy (non-hydrogen) atoms. The molecular weight excluding hydrogens is 511 g/mol. The van der Waals surface area contributed by atoms with E-state index in [9.17, 15) is 10.2 Å². The Hall–Kier alpha value is -3.09. The van der Waals surface area contributed by atoms with Gasteiger partial charge in [0, 0.05) is 34.0 Å². The van der Waals surface area contributed by atoms with E-state index in [1.54, 1.807) is 6.07 Å². The van der Waals surface area contributed by atoms with Crippen molar-refractivity contribution in [2.24, 2.45) is 0 Å². The first-order valence-corrected chi connectivity index (χ1v) is 12.9. The number of hydrogen-bond donors (Lipinski definition) is 2. The van der Waals surface area contributed by atoms with E-state index >= 15 is 0 Å². The monoisotopic (exact) mass is 540 g/mol. The SMILES string of the molecule is CC(C)(C)c1cc(-n2c(-c3cc(Cl)cc(Cl)c3O)nc3cc4c(cc32)OCCO4)cc(C(C)(C)C)c1O. The van der Waals surface area contributed by atoms with E-state index in [2.05, 4.69) is 41.5 Å². The van der Waals surface area contributed by atoms with Crippen molar-refractivity contribution < 1.29 is 19.7 Å². The van der Waals surface area contributed by atoms with Crippen LogP contribution in [0.4, 0.5) is 0 Å². The quantitative estimate of drug-likeness (QED) is 0.271. The van der Waals surface area contributed by atoms with Crippen molar-refractivity contribution in [3.63, 3.8) is 0 Å². The number of ether oxygens (including phenoxy) is 2. The standard InChI is InChI=1S/C29H30Cl2N2O4/c1-28(2,3)18-11-16(12-19(26(18)35)29(4,5)6)33-22-14-24-23(36-7-8-37-24)13-21(22)32-27(33)17-9-15(30)10-20(31)25(17)34/h9-14,34-35H,7-8H2,1-6H3. The molecule has 0 atom stereocenters. The molecule has 3 aromatic carbocycles. The summed E-state index contributed by atoms with van der Waals surface area (Å²) in [5.41, 5.74) is 3.48. The predicted octanol–water partition coefficient (Wildman–Crippen LogP) is 7.78. The van der Waals surface area contributed by atoms with Gasteiger partial charge in [0.2, 0.25) is 0 Å². The summed E-state index contributed by atoms with van der Waals surface area (Å²) in [4.78, 5) is 4.90. The molecule has 0 radical (unpaired) electrons. The number of imidazole rings is 1. The predicted molar refractivity (Wildman–Crippen MR) is 148 cm³/mol. The number of halogens is 2. The van der Waals surface area contributed by atoms with Gasteiger partial charge in [0.05, 0.1) is 21.6 Å². The average molecular weight is 541 g/mol. The second-order valence-electron chi connectivity index (χ2n) is 11.4. The Morgan fingerprint density at radius 3 is 1.92 bits per heavy atom. The lowest BCUT2D eigenvalue weighted by Gasteiger charge is -2.28. The molecule has 0 saturated heterocycles. The van der Waals surface area contributed by atoms with E-state index in [1.165, 1.54) is 6.07 Å². The highest BCUT2D eigenvalue weighted by molar-refractivity contribution is 6.36. The molecular formula is C29H30Cl2N2O4. The third kappa shape index (κ3) is 4.47. The highest BCUT2D eigenvalue weighted by Crippen LogP contribution is 2.45. The van der Waals surface area contributed by atoms with E-state index in [0.717, 1.165) is 22.3 Å². The molecule has 1 aliphatic heterocycles. The van der Waals surface area contributed by atoms with E-state index in [1.807, 2.05) is 28.8 Å². The lowest BCUT2D eigenvalue weighted by atomic mass is 9.79. The Balaban J connectivity index is 1.92. The Bertz CT molecular complexity index is 1510. The van der Waals surface area contributed by atoms with Crippen molar-refractivity contribution in [3.8, 4) is 40.1 Å². The summed E-state index contributed by atoms with van der Waals surface area (Å²) in [7, 11) is 0. The van der Waals surface area contributed by atoms with Gasteiger partial charge >= 0.3 is 0 Å². The molecule has 1 aromatic heterocycles. The number of aromatic nitrogens is 2. The highest BCUT2D eigenvalue weighted by Gasteiger charge is 2.29. The first-order chi connectivity index (χ1) is 17.3. The Morgan fingerprint density at radius 1 is 0.784 bits per heavy atom. The largest absolute Gasteiger partial charge is 0.507 e. The van der Waals surface area contributed by atoms with E-state index < -0.39 is 0 Å². The van der Waals surface area contributed by atoms with Crippen LogP contribution in [0.25, 0.3) is 28.1 Å². The minimum absolute atomic E-state index is 0.120. The molecule has 2 N–H and O–H groups in total. The van der Waals surface area contributed by atoms with Crippen LogP contribution in [0, 0.1) is 0 Å². The topological polar surface area (TPSA) is 76.7 Å². The molecule has 4 aromatic rings. The van der Waals surface area contributed by atoms with Crippen LogP contribution in [-0.2, 0) is 10.8 Å². The normalized spacial score (nSPS) is 13.8. The Morgan fingerprint density at radius 2 is 1.35 bits per heavy atom. The van der Waals surface area contributed by atoms with Crippen LogP contribution in [0.2, 0.25) is 10.0 Å². The van der Waals surface area contributed by atoms with Gasteiger partial charge in [-0.1, -0.05) is 64.7 Å². The minimum atomic E-state index is -0.339. The van der Waals surface area contributed by atoms with Crippen molar-refractivity contribution >= 4 is 34.2 Å². The lowest BCUT2D eigenvalue weighted by molar-refractivity contribution is 0.172. The Kier molecular flexibility index (Phi) is 6.04. The number of phenolic OH excluding ortho intramolecular Hbond substituents is 2. The molecule has 194 valence electrons. The maximum absolute atomic E-state index is 11.3. The van der Waals surface area contributed by atoms with Crippen LogP contribution in [0.1, 0.15) is 52.7 Å². The molecule has 0 amide bonds. The summed E-state index contributed by atoms with van der Waals surface area (Å²) in [6.45, 7) is 13.3. The van der Waals surface area contributed by atoms with Gasteiger partial charge in [-0.05, 0) is 35.1 Å². The third-order valence-corrected chi connectivity index (χ3v) is 7.06. The summed E-state index contributed by atoms with van der Waals surface area (Å²) in [6.07, 6.45) is 0. The molecule has 0 saturated carbocycles. The fourth-order valence-electron chi connectivity index (χ4n) is 4.68. The van der Waals surface area contributed by atoms with Crippen LogP contribution < -0.4 is 9.47 Å². The zero-order chi connectivity index (χ0) is 26.9. The van der Waals surface area contributed by atoms with Gasteiger partial charge in [0.15, 0.2) is 11.5 Å². The molecule has 0 spiro atoms. The first kappa shape index (κ1) is 25.6. The zero-order valence-corrected chi connectivity index (χ0v) is 23.3. The van der Waals surface area contributed by atoms with Crippen LogP contribution >= 0.6 is 23.2 Å². The Labute approximate surface area is 226 Å². The average Bonchev–Trinajstić information content (AvgIpc) is 3.16. The fraction of sp³-hybridized carbons (Fsp3) is 0.345. The van der Waals surface area contributed by atoms with E-state index in [-0.39, 0.29) is 27.4 Å². The first-order valence-electron chi connectivity index (χ1n) is 12.1. The summed E-state index contributed by atoms with van der Waals surface area (Å²) in [5.74, 6) is 1.83. The zero-order valence-electron chi connectivity index (χ0n) is 21.7. The summed E-state index contributed by atoms with van der Waals surface area (Å²) in [6, 6.07) is 10.8. The summed E-state index contributed by atoms with van der Waals surface area (Å²) >= 11 is 12.7. The van der Waals surface area contributed by atoms with Crippen molar-refractivity contribution in [2.45, 2.75) is 52.4 Å². The number of aromatic hydroxyl groups is 2. The van der Waals surface area contributed by atoms with Crippen LogP contribution in [-0.4, -0.2) is 33.0 Å². The summed E-state index contributed by atoms with van der Waals surface area (Å²) < 4.78 is 13.6. The third-order valence-electron chi connectivity index (χ3n) is 6.56. The molecule has 5 rings (SSSR count). The number of benzene rings is 3. The maximum atomic E-state index is 11.3. The molecule has 0 bridgehead atoms. The van der Waals surface area contributed by atoms with Gasteiger partial charge < -0.3 is 19.7 Å². The molecule has 6 nitrogen and oxygen atoms in total. The van der Waals surface area contributed by atoms with Crippen molar-refractivity contribution in [1.29, 1.82) is 0 Å².